The van der Waals surface area contributed by atoms with Crippen molar-refractivity contribution in [2.24, 2.45) is 4.99 Å². The Labute approximate surface area is 205 Å². The molecule has 1 saturated heterocycles. The Hall–Kier alpha value is -3.23. The minimum atomic E-state index is -3.87. The van der Waals surface area contributed by atoms with Gasteiger partial charge in [-0.05, 0) is 49.4 Å². The lowest BCUT2D eigenvalue weighted by atomic mass is 9.95. The Morgan fingerprint density at radius 3 is 2.40 bits per heavy atom. The second-order valence-corrected chi connectivity index (χ2v) is 11.0. The summed E-state index contributed by atoms with van der Waals surface area (Å²) in [6.07, 6.45) is 0.356. The van der Waals surface area contributed by atoms with Crippen LogP contribution in [0, 0.1) is 5.82 Å². The summed E-state index contributed by atoms with van der Waals surface area (Å²) in [7, 11) is -3.87. The summed E-state index contributed by atoms with van der Waals surface area (Å²) in [5.41, 5.74) is 2.07. The first-order valence-corrected chi connectivity index (χ1v) is 13.0. The molecule has 1 heterocycles. The third-order valence-electron chi connectivity index (χ3n) is 6.13. The van der Waals surface area contributed by atoms with Gasteiger partial charge in [0.1, 0.15) is 16.7 Å². The van der Waals surface area contributed by atoms with Gasteiger partial charge in [-0.1, -0.05) is 72.8 Å². The molecule has 0 saturated carbocycles. The van der Waals surface area contributed by atoms with Gasteiger partial charge in [-0.3, -0.25) is 0 Å². The molecule has 0 aliphatic carbocycles. The first kappa shape index (κ1) is 24.9. The highest BCUT2D eigenvalue weighted by Crippen LogP contribution is 2.32. The van der Waals surface area contributed by atoms with Gasteiger partial charge in [0.15, 0.2) is 0 Å². The van der Waals surface area contributed by atoms with E-state index in [2.05, 4.69) is 9.71 Å². The predicted molar refractivity (Wildman–Crippen MR) is 135 cm³/mol. The van der Waals surface area contributed by atoms with Crippen molar-refractivity contribution in [2.75, 3.05) is 6.61 Å². The number of ether oxygens (including phenoxy) is 1. The highest BCUT2D eigenvalue weighted by Gasteiger charge is 2.47. The van der Waals surface area contributed by atoms with Crippen LogP contribution >= 0.6 is 0 Å². The highest BCUT2D eigenvalue weighted by molar-refractivity contribution is 7.90. The lowest BCUT2D eigenvalue weighted by molar-refractivity contribution is 0.0759. The van der Waals surface area contributed by atoms with E-state index in [0.29, 0.717) is 0 Å². The van der Waals surface area contributed by atoms with Crippen LogP contribution in [0.4, 0.5) is 4.39 Å². The second kappa shape index (κ2) is 10.2. The van der Waals surface area contributed by atoms with E-state index in [1.165, 1.54) is 6.07 Å². The van der Waals surface area contributed by atoms with E-state index in [-0.39, 0.29) is 31.0 Å². The standard InChI is InChI=1S/C27H29FN2O4S/c1-27(2)25(18-19-9-8-12-21(17-19)20-10-4-3-5-11-20)35(32,33)30-26(34-27)29-24(15-16-31)22-13-6-7-14-23(22)28/h3-14,17,24-25,31H,15-16,18H2,1-2H3,(H,29,30)/t24-,25?/m0/s1. The molecule has 8 heteroatoms. The Balaban J connectivity index is 1.60. The van der Waals surface area contributed by atoms with Gasteiger partial charge in [-0.15, -0.1) is 0 Å². The van der Waals surface area contributed by atoms with Crippen LogP contribution in [-0.4, -0.2) is 37.0 Å². The monoisotopic (exact) mass is 496 g/mol. The molecule has 0 bridgehead atoms. The van der Waals surface area contributed by atoms with Gasteiger partial charge in [0.2, 0.25) is 10.0 Å². The molecule has 0 amide bonds. The second-order valence-electron chi connectivity index (χ2n) is 9.10. The molecule has 0 aromatic heterocycles. The van der Waals surface area contributed by atoms with Gasteiger partial charge < -0.3 is 9.84 Å². The summed E-state index contributed by atoms with van der Waals surface area (Å²) in [6.45, 7) is 3.17. The first-order valence-electron chi connectivity index (χ1n) is 11.5. The van der Waals surface area contributed by atoms with Crippen LogP contribution in [0.5, 0.6) is 0 Å². The summed E-state index contributed by atoms with van der Waals surface area (Å²) in [5.74, 6) is -0.482. The zero-order valence-corrected chi connectivity index (χ0v) is 20.5. The summed E-state index contributed by atoms with van der Waals surface area (Å²) in [4.78, 5) is 4.35. The van der Waals surface area contributed by atoms with E-state index in [1.807, 2.05) is 54.6 Å². The number of halogens is 1. The van der Waals surface area contributed by atoms with Crippen molar-refractivity contribution in [3.63, 3.8) is 0 Å². The van der Waals surface area contributed by atoms with E-state index in [0.717, 1.165) is 16.7 Å². The molecule has 6 nitrogen and oxygen atoms in total. The van der Waals surface area contributed by atoms with Gasteiger partial charge in [-0.2, -0.15) is 0 Å². The van der Waals surface area contributed by atoms with E-state index < -0.39 is 32.7 Å². The number of rotatable bonds is 7. The zero-order valence-electron chi connectivity index (χ0n) is 19.7. The topological polar surface area (TPSA) is 88.0 Å². The summed E-state index contributed by atoms with van der Waals surface area (Å²) in [5, 5.41) is 8.58. The summed E-state index contributed by atoms with van der Waals surface area (Å²) in [6, 6.07) is 22.7. The number of benzene rings is 3. The van der Waals surface area contributed by atoms with Crippen LogP contribution in [0.3, 0.4) is 0 Å². The van der Waals surface area contributed by atoms with Crippen molar-refractivity contribution >= 4 is 16.0 Å². The Morgan fingerprint density at radius 1 is 1.03 bits per heavy atom. The van der Waals surface area contributed by atoms with Gasteiger partial charge in [-0.25, -0.2) is 22.5 Å². The van der Waals surface area contributed by atoms with Crippen LogP contribution in [0.2, 0.25) is 0 Å². The highest BCUT2D eigenvalue weighted by atomic mass is 32.2. The van der Waals surface area contributed by atoms with Gasteiger partial charge in [0.25, 0.3) is 6.02 Å². The minimum Gasteiger partial charge on any atom is -0.457 e. The van der Waals surface area contributed by atoms with Crippen molar-refractivity contribution in [3.05, 3.63) is 95.8 Å². The van der Waals surface area contributed by atoms with Gasteiger partial charge in [0.05, 0.1) is 6.04 Å². The quantitative estimate of drug-likeness (QED) is 0.500. The van der Waals surface area contributed by atoms with Crippen LogP contribution in [0.15, 0.2) is 83.9 Å². The molecule has 2 N–H and O–H groups in total. The molecule has 1 fully saturated rings. The Kier molecular flexibility index (Phi) is 7.23. The van der Waals surface area contributed by atoms with Gasteiger partial charge in [0, 0.05) is 12.2 Å². The van der Waals surface area contributed by atoms with Crippen molar-refractivity contribution in [1.82, 2.24) is 4.72 Å². The fourth-order valence-corrected chi connectivity index (χ4v) is 6.02. The van der Waals surface area contributed by atoms with E-state index >= 15 is 0 Å². The number of nitrogens with zero attached hydrogens (tertiary/aromatic N) is 1. The van der Waals surface area contributed by atoms with Crippen molar-refractivity contribution in [2.45, 2.75) is 43.6 Å². The lowest BCUT2D eigenvalue weighted by Crippen LogP contribution is -2.59. The average molecular weight is 497 g/mol. The third-order valence-corrected chi connectivity index (χ3v) is 8.08. The van der Waals surface area contributed by atoms with Crippen LogP contribution in [0.25, 0.3) is 11.1 Å². The molecular weight excluding hydrogens is 467 g/mol. The average Bonchev–Trinajstić information content (AvgIpc) is 2.82. The zero-order chi connectivity index (χ0) is 25.1. The van der Waals surface area contributed by atoms with E-state index in [4.69, 9.17) is 4.74 Å². The maximum atomic E-state index is 14.4. The summed E-state index contributed by atoms with van der Waals surface area (Å²) >= 11 is 0. The summed E-state index contributed by atoms with van der Waals surface area (Å²) < 4.78 is 49.4. The van der Waals surface area contributed by atoms with Crippen LogP contribution in [-0.2, 0) is 21.2 Å². The number of hydrogen-bond acceptors (Lipinski definition) is 5. The molecule has 0 radical (unpaired) electrons. The predicted octanol–water partition coefficient (Wildman–Crippen LogP) is 4.61. The normalized spacial score (nSPS) is 20.6. The maximum absolute atomic E-state index is 14.4. The number of aliphatic hydroxyl groups is 1. The van der Waals surface area contributed by atoms with Crippen molar-refractivity contribution < 1.29 is 22.7 Å². The Morgan fingerprint density at radius 2 is 1.71 bits per heavy atom. The van der Waals surface area contributed by atoms with Crippen LogP contribution < -0.4 is 4.72 Å². The molecule has 0 spiro atoms. The smallest absolute Gasteiger partial charge is 0.299 e. The SMILES string of the molecule is CC1(C)OC(=N[C@@H](CCO)c2ccccc2F)NS(=O)(=O)C1Cc1cccc(-c2ccccc2)c1. The largest absolute Gasteiger partial charge is 0.457 e. The molecule has 184 valence electrons. The number of aliphatic imine (C=N–C) groups is 1. The fraction of sp³-hybridized carbons (Fsp3) is 0.296. The van der Waals surface area contributed by atoms with E-state index in [1.54, 1.807) is 32.0 Å². The molecule has 1 aliphatic heterocycles. The number of aliphatic hydroxyl groups excluding tert-OH is 1. The molecule has 2 atom stereocenters. The Bertz CT molecular complexity index is 1310. The van der Waals surface area contributed by atoms with E-state index in [9.17, 15) is 17.9 Å². The fourth-order valence-electron chi connectivity index (χ4n) is 4.33. The lowest BCUT2D eigenvalue weighted by Gasteiger charge is -2.39. The number of nitrogens with one attached hydrogen (secondary N) is 1. The van der Waals surface area contributed by atoms with Crippen molar-refractivity contribution in [3.8, 4) is 11.1 Å². The first-order chi connectivity index (χ1) is 16.7. The van der Waals surface area contributed by atoms with Gasteiger partial charge >= 0.3 is 0 Å². The molecular formula is C27H29FN2O4S. The molecule has 35 heavy (non-hydrogen) atoms. The molecule has 3 aromatic carbocycles. The maximum Gasteiger partial charge on any atom is 0.299 e. The molecule has 3 aromatic rings. The number of amidine groups is 1. The number of hydrogen-bond donors (Lipinski definition) is 2. The molecule has 1 unspecified atom stereocenters. The number of sulfonamides is 1. The molecule has 4 rings (SSSR count). The van der Waals surface area contributed by atoms with Crippen LogP contribution in [0.1, 0.15) is 37.4 Å². The minimum absolute atomic E-state index is 0.117. The third kappa shape index (κ3) is 5.71. The molecule has 1 aliphatic rings. The van der Waals surface area contributed by atoms with Crippen molar-refractivity contribution in [1.29, 1.82) is 0 Å².